The molecule has 20 heavy (non-hydrogen) atoms. The lowest BCUT2D eigenvalue weighted by molar-refractivity contribution is 0.322. The maximum atomic E-state index is 14.3. The SMILES string of the molecule is CCOc1c(Cl)ccc(-c2ncc(Cl)c(N)c2F)c1F. The molecule has 2 aromatic rings. The highest BCUT2D eigenvalue weighted by Gasteiger charge is 2.20. The predicted octanol–water partition coefficient (Wildman–Crippen LogP) is 4.31. The van der Waals surface area contributed by atoms with Gasteiger partial charge in [0.2, 0.25) is 0 Å². The van der Waals surface area contributed by atoms with Crippen LogP contribution in [0.5, 0.6) is 5.75 Å². The van der Waals surface area contributed by atoms with E-state index in [4.69, 9.17) is 33.7 Å². The first-order valence-corrected chi connectivity index (χ1v) is 6.43. The van der Waals surface area contributed by atoms with Crippen LogP contribution in [0.4, 0.5) is 14.5 Å². The summed E-state index contributed by atoms with van der Waals surface area (Å²) in [5, 5.41) is 0.0566. The maximum absolute atomic E-state index is 14.3. The third-order valence-electron chi connectivity index (χ3n) is 2.60. The number of hydrogen-bond acceptors (Lipinski definition) is 3. The van der Waals surface area contributed by atoms with E-state index in [1.807, 2.05) is 0 Å². The molecule has 1 heterocycles. The van der Waals surface area contributed by atoms with Crippen molar-refractivity contribution in [3.05, 3.63) is 40.0 Å². The number of ether oxygens (including phenoxy) is 1. The minimum Gasteiger partial charge on any atom is -0.489 e. The summed E-state index contributed by atoms with van der Waals surface area (Å²) in [7, 11) is 0. The molecule has 0 atom stereocenters. The molecule has 2 N–H and O–H groups in total. The van der Waals surface area contributed by atoms with Gasteiger partial charge >= 0.3 is 0 Å². The zero-order valence-corrected chi connectivity index (χ0v) is 11.9. The maximum Gasteiger partial charge on any atom is 0.176 e. The monoisotopic (exact) mass is 318 g/mol. The van der Waals surface area contributed by atoms with Gasteiger partial charge in [-0.2, -0.15) is 0 Å². The van der Waals surface area contributed by atoms with Gasteiger partial charge in [-0.15, -0.1) is 0 Å². The van der Waals surface area contributed by atoms with E-state index in [0.29, 0.717) is 0 Å². The fourth-order valence-corrected chi connectivity index (χ4v) is 1.99. The van der Waals surface area contributed by atoms with Gasteiger partial charge in [0.1, 0.15) is 5.69 Å². The van der Waals surface area contributed by atoms with E-state index in [1.165, 1.54) is 12.1 Å². The highest BCUT2D eigenvalue weighted by Crippen LogP contribution is 2.37. The molecule has 0 bridgehead atoms. The molecule has 0 radical (unpaired) electrons. The van der Waals surface area contributed by atoms with E-state index >= 15 is 0 Å². The summed E-state index contributed by atoms with van der Waals surface area (Å²) in [6, 6.07) is 2.70. The average molecular weight is 319 g/mol. The minimum absolute atomic E-state index is 0.0364. The second-order valence-electron chi connectivity index (χ2n) is 3.85. The van der Waals surface area contributed by atoms with E-state index in [2.05, 4.69) is 4.98 Å². The molecular formula is C13H10Cl2F2N2O. The number of anilines is 1. The van der Waals surface area contributed by atoms with E-state index in [1.54, 1.807) is 6.92 Å². The van der Waals surface area contributed by atoms with Crippen LogP contribution in [0.15, 0.2) is 18.3 Å². The quantitative estimate of drug-likeness (QED) is 0.917. The van der Waals surface area contributed by atoms with Crippen molar-refractivity contribution >= 4 is 28.9 Å². The number of halogens is 4. The molecular weight excluding hydrogens is 309 g/mol. The topological polar surface area (TPSA) is 48.1 Å². The zero-order chi connectivity index (χ0) is 14.9. The Labute approximate surface area is 124 Å². The molecule has 3 nitrogen and oxygen atoms in total. The van der Waals surface area contributed by atoms with Crippen LogP contribution < -0.4 is 10.5 Å². The van der Waals surface area contributed by atoms with Crippen LogP contribution >= 0.6 is 23.2 Å². The zero-order valence-electron chi connectivity index (χ0n) is 10.4. The third kappa shape index (κ3) is 2.51. The van der Waals surface area contributed by atoms with Crippen molar-refractivity contribution in [2.75, 3.05) is 12.3 Å². The standard InChI is InChI=1S/C13H10Cl2F2N2O/c1-2-20-13-7(14)4-3-6(9(13)16)12-10(17)11(18)8(15)5-19-12/h3-5H,2H2,1H3,(H2,18,19). The van der Waals surface area contributed by atoms with Gasteiger partial charge in [0.05, 0.1) is 22.3 Å². The first-order chi connectivity index (χ1) is 9.47. The van der Waals surface area contributed by atoms with Crippen molar-refractivity contribution < 1.29 is 13.5 Å². The molecule has 0 aliphatic carbocycles. The molecule has 1 aromatic carbocycles. The minimum atomic E-state index is -0.888. The first-order valence-electron chi connectivity index (χ1n) is 5.68. The molecule has 0 unspecified atom stereocenters. The number of aromatic nitrogens is 1. The number of benzene rings is 1. The van der Waals surface area contributed by atoms with E-state index in [9.17, 15) is 8.78 Å². The second kappa shape index (κ2) is 5.81. The summed E-state index contributed by atoms with van der Waals surface area (Å²) in [4.78, 5) is 3.78. The summed E-state index contributed by atoms with van der Waals surface area (Å²) >= 11 is 11.5. The Morgan fingerprint density at radius 2 is 1.90 bits per heavy atom. The van der Waals surface area contributed by atoms with Crippen LogP contribution in [-0.2, 0) is 0 Å². The lowest BCUT2D eigenvalue weighted by Gasteiger charge is -2.12. The van der Waals surface area contributed by atoms with Crippen LogP contribution in [-0.4, -0.2) is 11.6 Å². The second-order valence-corrected chi connectivity index (χ2v) is 4.67. The van der Waals surface area contributed by atoms with Crippen LogP contribution in [0.3, 0.4) is 0 Å². The van der Waals surface area contributed by atoms with Gasteiger partial charge in [0, 0.05) is 11.8 Å². The van der Waals surface area contributed by atoms with Crippen molar-refractivity contribution in [3.8, 4) is 17.0 Å². The highest BCUT2D eigenvalue weighted by molar-refractivity contribution is 6.33. The van der Waals surface area contributed by atoms with Crippen LogP contribution in [0, 0.1) is 11.6 Å². The normalized spacial score (nSPS) is 10.7. The van der Waals surface area contributed by atoms with Gasteiger partial charge in [0.25, 0.3) is 0 Å². The Kier molecular flexibility index (Phi) is 4.30. The number of rotatable bonds is 3. The van der Waals surface area contributed by atoms with Gasteiger partial charge < -0.3 is 10.5 Å². The Bertz CT molecular complexity index is 665. The number of nitrogens with two attached hydrogens (primary N) is 1. The molecule has 0 saturated heterocycles. The first kappa shape index (κ1) is 14.8. The van der Waals surface area contributed by atoms with E-state index in [0.717, 1.165) is 6.20 Å². The van der Waals surface area contributed by atoms with E-state index in [-0.39, 0.29) is 39.3 Å². The average Bonchev–Trinajstić information content (AvgIpc) is 2.42. The van der Waals surface area contributed by atoms with Gasteiger partial charge in [0.15, 0.2) is 17.4 Å². The molecule has 1 aromatic heterocycles. The van der Waals surface area contributed by atoms with Gasteiger partial charge in [-0.1, -0.05) is 23.2 Å². The largest absolute Gasteiger partial charge is 0.489 e. The van der Waals surface area contributed by atoms with Crippen molar-refractivity contribution in [2.45, 2.75) is 6.92 Å². The van der Waals surface area contributed by atoms with Crippen molar-refractivity contribution in [1.29, 1.82) is 0 Å². The molecule has 0 amide bonds. The molecule has 0 saturated carbocycles. The van der Waals surface area contributed by atoms with Gasteiger partial charge in [-0.25, -0.2) is 8.78 Å². The van der Waals surface area contributed by atoms with Crippen LogP contribution in [0.1, 0.15) is 6.92 Å². The van der Waals surface area contributed by atoms with E-state index < -0.39 is 11.6 Å². The number of pyridine rings is 1. The number of nitrogen functional groups attached to an aromatic ring is 1. The predicted molar refractivity (Wildman–Crippen MR) is 75.2 cm³/mol. The summed E-state index contributed by atoms with van der Waals surface area (Å²) in [5.41, 5.74) is 4.84. The molecule has 106 valence electrons. The summed E-state index contributed by atoms with van der Waals surface area (Å²) in [6.45, 7) is 1.90. The Balaban J connectivity index is 2.65. The Morgan fingerprint density at radius 3 is 2.55 bits per heavy atom. The summed E-state index contributed by atoms with van der Waals surface area (Å²) in [5.74, 6) is -1.84. The Morgan fingerprint density at radius 1 is 1.20 bits per heavy atom. The Hall–Kier alpha value is -1.59. The van der Waals surface area contributed by atoms with Gasteiger partial charge in [-0.3, -0.25) is 4.98 Å². The van der Waals surface area contributed by atoms with Gasteiger partial charge in [-0.05, 0) is 19.1 Å². The highest BCUT2D eigenvalue weighted by atomic mass is 35.5. The van der Waals surface area contributed by atoms with Crippen LogP contribution in [0.25, 0.3) is 11.3 Å². The molecule has 0 aliphatic rings. The fraction of sp³-hybridized carbons (Fsp3) is 0.154. The molecule has 0 fully saturated rings. The van der Waals surface area contributed by atoms with Crippen molar-refractivity contribution in [2.24, 2.45) is 0 Å². The molecule has 0 aliphatic heterocycles. The third-order valence-corrected chi connectivity index (χ3v) is 3.20. The van der Waals surface area contributed by atoms with Crippen molar-refractivity contribution in [1.82, 2.24) is 4.98 Å². The smallest absolute Gasteiger partial charge is 0.176 e. The summed E-state index contributed by atoms with van der Waals surface area (Å²) in [6.07, 6.45) is 1.16. The lowest BCUT2D eigenvalue weighted by Crippen LogP contribution is -2.01. The lowest BCUT2D eigenvalue weighted by atomic mass is 10.1. The summed E-state index contributed by atoms with van der Waals surface area (Å²) < 4.78 is 33.5. The van der Waals surface area contributed by atoms with Crippen molar-refractivity contribution in [3.63, 3.8) is 0 Å². The van der Waals surface area contributed by atoms with Crippen LogP contribution in [0.2, 0.25) is 10.0 Å². The number of nitrogens with zero attached hydrogens (tertiary/aromatic N) is 1. The number of hydrogen-bond donors (Lipinski definition) is 1. The molecule has 2 rings (SSSR count). The molecule has 7 heteroatoms. The molecule has 0 spiro atoms. The fourth-order valence-electron chi connectivity index (χ4n) is 1.66.